The van der Waals surface area contributed by atoms with Gasteiger partial charge in [0, 0.05) is 36.7 Å². The zero-order valence-corrected chi connectivity index (χ0v) is 18.6. The number of nitrogens with zero attached hydrogens (tertiary/aromatic N) is 3. The fourth-order valence-electron chi connectivity index (χ4n) is 2.73. The minimum absolute atomic E-state index is 0.00339. The third kappa shape index (κ3) is 5.72. The van der Waals surface area contributed by atoms with Gasteiger partial charge in [0.15, 0.2) is 11.6 Å². The molecule has 0 aliphatic heterocycles. The first kappa shape index (κ1) is 24.1. The average molecular weight is 451 g/mol. The van der Waals surface area contributed by atoms with Crippen molar-refractivity contribution in [1.29, 1.82) is 0 Å². The lowest BCUT2D eigenvalue weighted by atomic mass is 10.0. The van der Waals surface area contributed by atoms with Gasteiger partial charge in [-0.15, -0.1) is 0 Å². The quantitative estimate of drug-likeness (QED) is 0.394. The van der Waals surface area contributed by atoms with Crippen molar-refractivity contribution in [2.75, 3.05) is 6.26 Å². The molecule has 2 rings (SSSR count). The first-order valence-electron chi connectivity index (χ1n) is 9.15. The second-order valence-corrected chi connectivity index (χ2v) is 9.07. The van der Waals surface area contributed by atoms with Crippen molar-refractivity contribution >= 4 is 27.4 Å². The number of aliphatic imine (C=N–C) groups is 2. The summed E-state index contributed by atoms with van der Waals surface area (Å²) < 4.78 is 58.2. The number of aryl methyl sites for hydroxylation is 1. The summed E-state index contributed by atoms with van der Waals surface area (Å²) in [5.41, 5.74) is 0.570. The number of benzene rings is 1. The Labute approximate surface area is 179 Å². The van der Waals surface area contributed by atoms with Crippen LogP contribution >= 0.6 is 0 Å². The molecule has 7 nitrogen and oxygen atoms in total. The van der Waals surface area contributed by atoms with Crippen LogP contribution in [-0.4, -0.2) is 31.1 Å². The minimum Gasteiger partial charge on any atom is -0.457 e. The van der Waals surface area contributed by atoms with Crippen LogP contribution in [0.4, 0.5) is 8.78 Å². The highest BCUT2D eigenvalue weighted by molar-refractivity contribution is 8.05. The van der Waals surface area contributed by atoms with Crippen LogP contribution in [0, 0.1) is 11.6 Å². The summed E-state index contributed by atoms with van der Waals surface area (Å²) in [7, 11) is -2.30. The highest BCUT2D eigenvalue weighted by atomic mass is 32.2. The van der Waals surface area contributed by atoms with Crippen molar-refractivity contribution in [1.82, 2.24) is 4.57 Å². The molecule has 1 heterocycles. The summed E-state index contributed by atoms with van der Waals surface area (Å²) in [6.07, 6.45) is 2.36. The molecule has 0 spiro atoms. The van der Waals surface area contributed by atoms with Gasteiger partial charge in [-0.3, -0.25) is 4.79 Å². The molecule has 0 bridgehead atoms. The van der Waals surface area contributed by atoms with E-state index in [0.717, 1.165) is 18.4 Å². The molecule has 166 valence electrons. The van der Waals surface area contributed by atoms with E-state index in [1.54, 1.807) is 6.07 Å². The molecule has 1 aromatic heterocycles. The Morgan fingerprint density at radius 3 is 2.39 bits per heavy atom. The summed E-state index contributed by atoms with van der Waals surface area (Å²) in [5, 5.41) is -0.579. The average Bonchev–Trinajstić information content (AvgIpc) is 2.65. The molecule has 0 unspecified atom stereocenters. The molecule has 0 saturated carbocycles. The summed E-state index contributed by atoms with van der Waals surface area (Å²) in [4.78, 5) is 20.0. The van der Waals surface area contributed by atoms with Crippen molar-refractivity contribution in [3.8, 4) is 5.75 Å². The molecule has 10 heteroatoms. The Bertz CT molecular complexity index is 1250. The normalized spacial score (nSPS) is 13.2. The smallest absolute Gasteiger partial charge is 0.253 e. The second-order valence-electron chi connectivity index (χ2n) is 7.16. The summed E-state index contributed by atoms with van der Waals surface area (Å²) >= 11 is 0. The Morgan fingerprint density at radius 1 is 1.23 bits per heavy atom. The highest BCUT2D eigenvalue weighted by Crippen LogP contribution is 2.27. The highest BCUT2D eigenvalue weighted by Gasteiger charge is 2.19. The van der Waals surface area contributed by atoms with Gasteiger partial charge in [0.1, 0.15) is 17.3 Å². The van der Waals surface area contributed by atoms with Crippen molar-refractivity contribution in [3.63, 3.8) is 0 Å². The van der Waals surface area contributed by atoms with Crippen LogP contribution in [0.3, 0.4) is 0 Å². The molecule has 0 radical (unpaired) electrons. The van der Waals surface area contributed by atoms with Crippen molar-refractivity contribution in [2.24, 2.45) is 17.0 Å². The van der Waals surface area contributed by atoms with E-state index in [-0.39, 0.29) is 28.7 Å². The van der Waals surface area contributed by atoms with E-state index in [4.69, 9.17) is 4.74 Å². The molecule has 0 N–H and O–H groups in total. The zero-order chi connectivity index (χ0) is 23.5. The van der Waals surface area contributed by atoms with Gasteiger partial charge in [0.05, 0.1) is 0 Å². The Balaban J connectivity index is 2.81. The van der Waals surface area contributed by atoms with Gasteiger partial charge in [-0.25, -0.2) is 27.2 Å². The van der Waals surface area contributed by atoms with Crippen molar-refractivity contribution < 1.29 is 21.9 Å². The number of ether oxygens (including phenoxy) is 1. The largest absolute Gasteiger partial charge is 0.457 e. The first-order chi connectivity index (χ1) is 14.3. The Hall–Kier alpha value is -3.14. The van der Waals surface area contributed by atoms with E-state index >= 15 is 0 Å². The number of hydrogen-bond acceptors (Lipinski definition) is 5. The summed E-state index contributed by atoms with van der Waals surface area (Å²) in [6.45, 7) is 8.34. The minimum atomic E-state index is -3.84. The van der Waals surface area contributed by atoms with Gasteiger partial charge in [-0.05, 0) is 37.8 Å². The first-order valence-corrected chi connectivity index (χ1v) is 11.0. The number of allylic oxidation sites excluding steroid dienone is 1. The lowest BCUT2D eigenvalue weighted by Gasteiger charge is -2.15. The van der Waals surface area contributed by atoms with Crippen LogP contribution in [0.5, 0.6) is 5.75 Å². The van der Waals surface area contributed by atoms with Crippen LogP contribution in [0.2, 0.25) is 0 Å². The Kier molecular flexibility index (Phi) is 7.27. The van der Waals surface area contributed by atoms with Gasteiger partial charge < -0.3 is 9.30 Å². The van der Waals surface area contributed by atoms with Gasteiger partial charge in [0.25, 0.3) is 5.56 Å². The molecule has 0 saturated heterocycles. The fourth-order valence-corrected chi connectivity index (χ4v) is 3.22. The lowest BCUT2D eigenvalue weighted by Crippen LogP contribution is -2.22. The van der Waals surface area contributed by atoms with E-state index in [1.165, 1.54) is 24.7 Å². The van der Waals surface area contributed by atoms with E-state index in [9.17, 15) is 22.0 Å². The SMILES string of the molecule is C=N/C(=N\C(=C(/C)Oc1ccc(F)cc1F)c1cc(C(C)C)c(=O)n(C)c1)S(C)(=O)=O. The molecule has 0 aliphatic carbocycles. The monoisotopic (exact) mass is 451 g/mol. The number of hydrogen-bond donors (Lipinski definition) is 0. The van der Waals surface area contributed by atoms with Gasteiger partial charge in [-0.2, -0.15) is 0 Å². The predicted octanol–water partition coefficient (Wildman–Crippen LogP) is 3.66. The number of pyridine rings is 1. The standard InChI is InChI=1S/C21H23F2N3O4S/c1-12(2)16-9-14(11-26(5)20(16)27)19(25-21(24-4)31(6,28)29)13(3)30-18-8-7-15(22)10-17(18)23/h7-12H,4H2,1-3,5-6H3/b19-13+,25-21+. The van der Waals surface area contributed by atoms with Gasteiger partial charge in [0.2, 0.25) is 15.0 Å². The summed E-state index contributed by atoms with van der Waals surface area (Å²) in [6, 6.07) is 4.33. The fraction of sp³-hybridized carbons (Fsp3) is 0.286. The molecule has 0 amide bonds. The molecule has 0 aliphatic rings. The molecular weight excluding hydrogens is 428 g/mol. The number of aromatic nitrogens is 1. The summed E-state index contributed by atoms with van der Waals surface area (Å²) in [5.74, 6) is -2.14. The van der Waals surface area contributed by atoms with Crippen LogP contribution in [0.15, 0.2) is 51.0 Å². The number of halogens is 2. The van der Waals surface area contributed by atoms with Crippen LogP contribution < -0.4 is 10.3 Å². The van der Waals surface area contributed by atoms with Crippen LogP contribution in [-0.2, 0) is 16.9 Å². The van der Waals surface area contributed by atoms with Crippen LogP contribution in [0.25, 0.3) is 5.70 Å². The maximum atomic E-state index is 14.1. The number of sulfone groups is 1. The van der Waals surface area contributed by atoms with Gasteiger partial charge >= 0.3 is 0 Å². The molecule has 1 aromatic carbocycles. The molecule has 0 atom stereocenters. The number of rotatable bonds is 5. The maximum absolute atomic E-state index is 14.1. The lowest BCUT2D eigenvalue weighted by molar-refractivity contribution is 0.397. The third-order valence-electron chi connectivity index (χ3n) is 4.27. The van der Waals surface area contributed by atoms with Gasteiger partial charge in [-0.1, -0.05) is 13.8 Å². The van der Waals surface area contributed by atoms with E-state index < -0.39 is 26.6 Å². The third-order valence-corrected chi connectivity index (χ3v) is 5.15. The van der Waals surface area contributed by atoms with Crippen molar-refractivity contribution in [3.05, 3.63) is 69.3 Å². The molecule has 31 heavy (non-hydrogen) atoms. The zero-order valence-electron chi connectivity index (χ0n) is 17.8. The number of amidine groups is 1. The van der Waals surface area contributed by atoms with E-state index in [1.807, 2.05) is 13.8 Å². The second kappa shape index (κ2) is 9.34. The maximum Gasteiger partial charge on any atom is 0.253 e. The predicted molar refractivity (Wildman–Crippen MR) is 117 cm³/mol. The Morgan fingerprint density at radius 2 is 1.87 bits per heavy atom. The van der Waals surface area contributed by atoms with E-state index in [0.29, 0.717) is 17.2 Å². The molecule has 0 fully saturated rings. The van der Waals surface area contributed by atoms with Crippen molar-refractivity contribution in [2.45, 2.75) is 26.7 Å². The topological polar surface area (TPSA) is 90.1 Å². The van der Waals surface area contributed by atoms with E-state index in [2.05, 4.69) is 16.7 Å². The molecular formula is C21H23F2N3O4S. The molecule has 2 aromatic rings. The van der Waals surface area contributed by atoms with Crippen LogP contribution in [0.1, 0.15) is 37.8 Å².